The van der Waals surface area contributed by atoms with Crippen LogP contribution in [-0.2, 0) is 17.5 Å². The van der Waals surface area contributed by atoms with Crippen LogP contribution in [0.25, 0.3) is 0 Å². The van der Waals surface area contributed by atoms with Crippen molar-refractivity contribution in [2.24, 2.45) is 0 Å². The van der Waals surface area contributed by atoms with Crippen LogP contribution < -0.4 is 0 Å². The number of hydrogen-bond donors (Lipinski definition) is 1. The van der Waals surface area contributed by atoms with Gasteiger partial charge in [-0.2, -0.15) is 0 Å². The minimum atomic E-state index is -1.80. The van der Waals surface area contributed by atoms with E-state index in [0.29, 0.717) is 6.42 Å². The van der Waals surface area contributed by atoms with Gasteiger partial charge in [-0.05, 0) is 38.0 Å². The predicted molar refractivity (Wildman–Crippen MR) is 52.8 cm³/mol. The smallest absolute Gasteiger partial charge is 0.158 e. The lowest BCUT2D eigenvalue weighted by molar-refractivity contribution is 0.514. The van der Waals surface area contributed by atoms with Crippen molar-refractivity contribution in [2.45, 2.75) is 25.0 Å². The van der Waals surface area contributed by atoms with Gasteiger partial charge < -0.3 is 4.55 Å². The first-order chi connectivity index (χ1) is 6.02. The molecule has 13 heavy (non-hydrogen) atoms. The van der Waals surface area contributed by atoms with Crippen molar-refractivity contribution in [3.63, 3.8) is 0 Å². The minimum Gasteiger partial charge on any atom is -0.306 e. The Morgan fingerprint density at radius 3 is 2.46 bits per heavy atom. The zero-order valence-corrected chi connectivity index (χ0v) is 8.54. The van der Waals surface area contributed by atoms with E-state index in [0.717, 1.165) is 5.56 Å². The molecule has 0 aromatic carbocycles. The zero-order chi connectivity index (χ0) is 9.90. The third-order valence-corrected chi connectivity index (χ3v) is 2.94. The Morgan fingerprint density at radius 2 is 2.00 bits per heavy atom. The van der Waals surface area contributed by atoms with Crippen LogP contribution in [0.15, 0.2) is 24.5 Å². The molecule has 0 aliphatic carbocycles. The fraction of sp³-hybridized carbons (Fsp3) is 0.444. The van der Waals surface area contributed by atoms with Crippen LogP contribution >= 0.6 is 0 Å². The summed E-state index contributed by atoms with van der Waals surface area (Å²) in [6, 6.07) is 3.71. The highest BCUT2D eigenvalue weighted by atomic mass is 32.2. The Labute approximate surface area is 80.5 Å². The van der Waals surface area contributed by atoms with Crippen molar-refractivity contribution in [3.8, 4) is 0 Å². The first-order valence-corrected chi connectivity index (χ1v) is 5.13. The van der Waals surface area contributed by atoms with Gasteiger partial charge in [0.05, 0.1) is 4.75 Å². The summed E-state index contributed by atoms with van der Waals surface area (Å²) in [5.74, 6) is 0. The maximum absolute atomic E-state index is 10.9. The van der Waals surface area contributed by atoms with E-state index in [-0.39, 0.29) is 0 Å². The average Bonchev–Trinajstić information content (AvgIpc) is 2.05. The van der Waals surface area contributed by atoms with Gasteiger partial charge in [0.15, 0.2) is 11.1 Å². The maximum Gasteiger partial charge on any atom is 0.158 e. The normalized spacial score (nSPS) is 14.1. The molecule has 1 aromatic rings. The molecule has 0 bridgehead atoms. The lowest BCUT2D eigenvalue weighted by Crippen LogP contribution is -2.28. The third-order valence-electron chi connectivity index (χ3n) is 1.85. The Hall–Kier alpha value is -0.740. The van der Waals surface area contributed by atoms with Crippen LogP contribution in [0.3, 0.4) is 0 Å². The summed E-state index contributed by atoms with van der Waals surface area (Å²) in [5.41, 5.74) is 1.03. The first-order valence-electron chi connectivity index (χ1n) is 4.02. The molecule has 1 rings (SSSR count). The third kappa shape index (κ3) is 2.90. The van der Waals surface area contributed by atoms with Gasteiger partial charge >= 0.3 is 0 Å². The largest absolute Gasteiger partial charge is 0.306 e. The summed E-state index contributed by atoms with van der Waals surface area (Å²) in [5, 5.41) is 0. The van der Waals surface area contributed by atoms with E-state index >= 15 is 0 Å². The summed E-state index contributed by atoms with van der Waals surface area (Å²) >= 11 is -1.80. The summed E-state index contributed by atoms with van der Waals surface area (Å²) in [4.78, 5) is 3.88. The fourth-order valence-corrected chi connectivity index (χ4v) is 1.34. The molecule has 0 saturated heterocycles. The molecule has 1 N–H and O–H groups in total. The number of rotatable bonds is 3. The molecule has 1 unspecified atom stereocenters. The van der Waals surface area contributed by atoms with Gasteiger partial charge in [0.2, 0.25) is 0 Å². The Balaban J connectivity index is 2.75. The maximum atomic E-state index is 10.9. The van der Waals surface area contributed by atoms with E-state index in [1.807, 2.05) is 12.1 Å². The van der Waals surface area contributed by atoms with Crippen molar-refractivity contribution >= 4 is 11.1 Å². The molecule has 1 aromatic heterocycles. The first kappa shape index (κ1) is 10.3. The second-order valence-electron chi connectivity index (χ2n) is 3.54. The zero-order valence-electron chi connectivity index (χ0n) is 7.73. The molecule has 1 atom stereocenters. The van der Waals surface area contributed by atoms with E-state index in [1.54, 1.807) is 26.2 Å². The monoisotopic (exact) mass is 199 g/mol. The molecular weight excluding hydrogens is 186 g/mol. The lowest BCUT2D eigenvalue weighted by Gasteiger charge is -2.19. The van der Waals surface area contributed by atoms with E-state index in [2.05, 4.69) is 4.98 Å². The van der Waals surface area contributed by atoms with Gasteiger partial charge in [0, 0.05) is 12.4 Å². The highest BCUT2D eigenvalue weighted by molar-refractivity contribution is 7.80. The molecular formula is C9H13NO2S. The van der Waals surface area contributed by atoms with E-state index in [1.165, 1.54) is 0 Å². The summed E-state index contributed by atoms with van der Waals surface area (Å²) < 4.78 is 19.3. The minimum absolute atomic E-state index is 0.582. The van der Waals surface area contributed by atoms with E-state index in [9.17, 15) is 4.21 Å². The molecule has 0 amide bonds. The van der Waals surface area contributed by atoms with E-state index in [4.69, 9.17) is 4.55 Å². The van der Waals surface area contributed by atoms with Gasteiger partial charge in [-0.3, -0.25) is 4.98 Å². The van der Waals surface area contributed by atoms with Gasteiger partial charge in [-0.25, -0.2) is 4.21 Å². The number of aromatic nitrogens is 1. The van der Waals surface area contributed by atoms with Gasteiger partial charge in [0.1, 0.15) is 0 Å². The SMILES string of the molecule is CC(C)(Cc1ccncc1)S(=O)O. The van der Waals surface area contributed by atoms with Crippen LogP contribution in [0, 0.1) is 0 Å². The van der Waals surface area contributed by atoms with Crippen LogP contribution in [0.2, 0.25) is 0 Å². The van der Waals surface area contributed by atoms with Gasteiger partial charge in [-0.1, -0.05) is 0 Å². The second-order valence-corrected chi connectivity index (χ2v) is 5.14. The van der Waals surface area contributed by atoms with E-state index < -0.39 is 15.8 Å². The van der Waals surface area contributed by atoms with Crippen LogP contribution in [0.5, 0.6) is 0 Å². The molecule has 0 fully saturated rings. The van der Waals surface area contributed by atoms with Crippen LogP contribution in [0.1, 0.15) is 19.4 Å². The predicted octanol–water partition coefficient (Wildman–Crippen LogP) is 1.62. The molecule has 1 heterocycles. The van der Waals surface area contributed by atoms with Crippen LogP contribution in [0.4, 0.5) is 0 Å². The molecule has 3 nitrogen and oxygen atoms in total. The molecule has 0 saturated carbocycles. The highest BCUT2D eigenvalue weighted by Gasteiger charge is 2.24. The highest BCUT2D eigenvalue weighted by Crippen LogP contribution is 2.17. The van der Waals surface area contributed by atoms with Gasteiger partial charge in [-0.15, -0.1) is 0 Å². The molecule has 0 aliphatic heterocycles. The topological polar surface area (TPSA) is 50.2 Å². The number of nitrogens with zero attached hydrogens (tertiary/aromatic N) is 1. The quantitative estimate of drug-likeness (QED) is 0.753. The van der Waals surface area contributed by atoms with Crippen molar-refractivity contribution in [1.29, 1.82) is 0 Å². The van der Waals surface area contributed by atoms with Crippen molar-refractivity contribution in [2.75, 3.05) is 0 Å². The second kappa shape index (κ2) is 3.98. The Morgan fingerprint density at radius 1 is 1.46 bits per heavy atom. The standard InChI is InChI=1S/C9H13NO2S/c1-9(2,13(11)12)7-8-3-5-10-6-4-8/h3-6H,7H2,1-2H3,(H,11,12). The van der Waals surface area contributed by atoms with Crippen LogP contribution in [-0.4, -0.2) is 18.5 Å². The molecule has 0 radical (unpaired) electrons. The average molecular weight is 199 g/mol. The molecule has 0 aliphatic rings. The molecule has 72 valence electrons. The summed E-state index contributed by atoms with van der Waals surface area (Å²) in [6.07, 6.45) is 3.95. The summed E-state index contributed by atoms with van der Waals surface area (Å²) in [6.45, 7) is 3.53. The molecule has 0 spiro atoms. The number of pyridine rings is 1. The van der Waals surface area contributed by atoms with Crippen molar-refractivity contribution < 1.29 is 8.76 Å². The Kier molecular flexibility index (Phi) is 3.17. The van der Waals surface area contributed by atoms with Gasteiger partial charge in [0.25, 0.3) is 0 Å². The lowest BCUT2D eigenvalue weighted by atomic mass is 10.0. The molecule has 4 heteroatoms. The van der Waals surface area contributed by atoms with Crippen molar-refractivity contribution in [3.05, 3.63) is 30.1 Å². The van der Waals surface area contributed by atoms with Crippen molar-refractivity contribution in [1.82, 2.24) is 4.98 Å². The summed E-state index contributed by atoms with van der Waals surface area (Å²) in [7, 11) is 0. The fourth-order valence-electron chi connectivity index (χ4n) is 1.05. The Bertz CT molecular complexity index is 298. The number of hydrogen-bond acceptors (Lipinski definition) is 2.